The summed E-state index contributed by atoms with van der Waals surface area (Å²) in [7, 11) is 1.70. The van der Waals surface area contributed by atoms with Crippen LogP contribution in [0.2, 0.25) is 0 Å². The number of benzene rings is 1. The monoisotopic (exact) mass is 379 g/mol. The molecule has 1 saturated heterocycles. The minimum atomic E-state index is -0.345. The Hall–Kier alpha value is -2.06. The zero-order chi connectivity index (χ0) is 18.1. The molecule has 2 atom stereocenters. The molecule has 25 heavy (non-hydrogen) atoms. The van der Waals surface area contributed by atoms with Crippen molar-refractivity contribution in [2.24, 2.45) is 0 Å². The molecular formula is C17H18FN3O2S2. The van der Waals surface area contributed by atoms with Crippen LogP contribution in [0.4, 0.5) is 4.39 Å². The number of carbonyl (C=O) groups excluding carboxylic acids is 2. The van der Waals surface area contributed by atoms with E-state index in [2.05, 4.69) is 10.3 Å². The van der Waals surface area contributed by atoms with Crippen molar-refractivity contribution in [3.63, 3.8) is 0 Å². The second kappa shape index (κ2) is 7.05. The molecule has 2 unspecified atom stereocenters. The Morgan fingerprint density at radius 3 is 2.72 bits per heavy atom. The minimum Gasteiger partial charge on any atom is -0.350 e. The van der Waals surface area contributed by atoms with Crippen LogP contribution in [0.15, 0.2) is 24.3 Å². The van der Waals surface area contributed by atoms with Gasteiger partial charge in [-0.3, -0.25) is 9.59 Å². The molecule has 2 N–H and O–H groups in total. The quantitative estimate of drug-likeness (QED) is 0.803. The summed E-state index contributed by atoms with van der Waals surface area (Å²) in [5.74, 6) is -0.540. The van der Waals surface area contributed by atoms with Crippen molar-refractivity contribution < 1.29 is 14.0 Å². The maximum atomic E-state index is 13.2. The Bertz CT molecular complexity index is 860. The van der Waals surface area contributed by atoms with Gasteiger partial charge in [0.25, 0.3) is 0 Å². The average Bonchev–Trinajstić information content (AvgIpc) is 2.99. The molecule has 1 aromatic heterocycles. The van der Waals surface area contributed by atoms with E-state index in [-0.39, 0.29) is 42.6 Å². The second-order valence-electron chi connectivity index (χ2n) is 6.12. The summed E-state index contributed by atoms with van der Waals surface area (Å²) in [5, 5.41) is 2.95. The van der Waals surface area contributed by atoms with Gasteiger partial charge in [0.15, 0.2) is 3.95 Å². The fraction of sp³-hybridized carbons (Fsp3) is 0.353. The Balaban J connectivity index is 1.76. The Morgan fingerprint density at radius 2 is 2.12 bits per heavy atom. The van der Waals surface area contributed by atoms with Crippen molar-refractivity contribution in [1.29, 1.82) is 0 Å². The number of hydrogen-bond acceptors (Lipinski definition) is 4. The number of aromatic nitrogens is 1. The normalized spacial score (nSPS) is 20.1. The third-order valence-corrected chi connectivity index (χ3v) is 5.73. The molecule has 1 aliphatic rings. The Labute approximate surface area is 153 Å². The smallest absolute Gasteiger partial charge is 0.225 e. The molecule has 132 valence electrons. The van der Waals surface area contributed by atoms with Crippen LogP contribution in [0.3, 0.4) is 0 Å². The van der Waals surface area contributed by atoms with Crippen LogP contribution < -0.4 is 5.32 Å². The maximum absolute atomic E-state index is 13.2. The van der Waals surface area contributed by atoms with Crippen LogP contribution in [-0.2, 0) is 16.0 Å². The summed E-state index contributed by atoms with van der Waals surface area (Å²) >= 11 is 6.47. The van der Waals surface area contributed by atoms with Crippen molar-refractivity contribution >= 4 is 35.4 Å². The predicted octanol–water partition coefficient (Wildman–Crippen LogP) is 2.88. The topological polar surface area (TPSA) is 65.2 Å². The van der Waals surface area contributed by atoms with Gasteiger partial charge in [-0.15, -0.1) is 11.3 Å². The number of rotatable bonds is 4. The third kappa shape index (κ3) is 3.80. The van der Waals surface area contributed by atoms with Gasteiger partial charge in [0.05, 0.1) is 18.5 Å². The van der Waals surface area contributed by atoms with Gasteiger partial charge in [0.2, 0.25) is 11.8 Å². The number of halogens is 1. The number of H-pyrrole nitrogens is 1. The number of likely N-dealkylation sites (N-methyl/N-ethyl adjacent to an activating group) is 1. The van der Waals surface area contributed by atoms with E-state index in [4.69, 9.17) is 12.2 Å². The number of nitrogens with zero attached hydrogens (tertiary/aromatic N) is 1. The van der Waals surface area contributed by atoms with E-state index in [1.54, 1.807) is 24.1 Å². The highest BCUT2D eigenvalue weighted by Gasteiger charge is 2.39. The zero-order valence-corrected chi connectivity index (χ0v) is 15.5. The number of nitrogens with one attached hydrogen (secondary N) is 2. The Morgan fingerprint density at radius 1 is 1.44 bits per heavy atom. The molecule has 0 saturated carbocycles. The van der Waals surface area contributed by atoms with Crippen LogP contribution in [0, 0.1) is 16.7 Å². The van der Waals surface area contributed by atoms with Crippen molar-refractivity contribution in [2.45, 2.75) is 31.8 Å². The van der Waals surface area contributed by atoms with Gasteiger partial charge in [0.1, 0.15) is 5.82 Å². The first-order valence-corrected chi connectivity index (χ1v) is 9.06. The first-order chi connectivity index (χ1) is 11.8. The fourth-order valence-electron chi connectivity index (χ4n) is 3.12. The molecule has 1 fully saturated rings. The summed E-state index contributed by atoms with van der Waals surface area (Å²) in [5.41, 5.74) is 1.69. The number of aromatic amines is 1. The van der Waals surface area contributed by atoms with Crippen LogP contribution in [0.1, 0.15) is 28.6 Å². The molecule has 2 amide bonds. The zero-order valence-electron chi connectivity index (χ0n) is 13.8. The highest BCUT2D eigenvalue weighted by Crippen LogP contribution is 2.32. The van der Waals surface area contributed by atoms with Crippen molar-refractivity contribution in [2.75, 3.05) is 7.05 Å². The number of thiazole rings is 1. The molecular weight excluding hydrogens is 361 g/mol. The van der Waals surface area contributed by atoms with Crippen molar-refractivity contribution in [1.82, 2.24) is 15.2 Å². The molecule has 0 radical (unpaired) electrons. The first-order valence-electron chi connectivity index (χ1n) is 7.84. The summed E-state index contributed by atoms with van der Waals surface area (Å²) in [6, 6.07) is 5.37. The van der Waals surface area contributed by atoms with Crippen LogP contribution in [-0.4, -0.2) is 34.8 Å². The van der Waals surface area contributed by atoms with Gasteiger partial charge in [-0.05, 0) is 36.8 Å². The average molecular weight is 379 g/mol. The summed E-state index contributed by atoms with van der Waals surface area (Å²) < 4.78 is 13.8. The van der Waals surface area contributed by atoms with Crippen LogP contribution in [0.5, 0.6) is 0 Å². The lowest BCUT2D eigenvalue weighted by molar-refractivity contribution is -0.127. The summed E-state index contributed by atoms with van der Waals surface area (Å²) in [6.45, 7) is 1.88. The van der Waals surface area contributed by atoms with Gasteiger partial charge in [-0.2, -0.15) is 0 Å². The standard InChI is InChI=1S/C17H18FN3O2S2/c1-9-13(25-17(24)19-9)8-14(22)20-12-7-15(23)21(2)16(12)10-3-5-11(18)6-4-10/h3-6,12,16H,7-8H2,1-2H3,(H,19,24)(H,20,22). The molecule has 5 nitrogen and oxygen atoms in total. The first kappa shape index (κ1) is 17.8. The molecule has 2 heterocycles. The predicted molar refractivity (Wildman–Crippen MR) is 96.4 cm³/mol. The van der Waals surface area contributed by atoms with Crippen molar-refractivity contribution in [3.05, 3.63) is 50.2 Å². The molecule has 3 rings (SSSR count). The van der Waals surface area contributed by atoms with Crippen molar-refractivity contribution in [3.8, 4) is 0 Å². The van der Waals surface area contributed by atoms with Gasteiger partial charge in [0, 0.05) is 24.0 Å². The maximum Gasteiger partial charge on any atom is 0.225 e. The van der Waals surface area contributed by atoms with Gasteiger partial charge >= 0.3 is 0 Å². The minimum absolute atomic E-state index is 0.0480. The number of likely N-dealkylation sites (tertiary alicyclic amines) is 1. The molecule has 8 heteroatoms. The van der Waals surface area contributed by atoms with E-state index in [9.17, 15) is 14.0 Å². The number of aryl methyl sites for hydroxylation is 1. The summed E-state index contributed by atoms with van der Waals surface area (Å²) in [6.07, 6.45) is 0.445. The lowest BCUT2D eigenvalue weighted by atomic mass is 10.00. The highest BCUT2D eigenvalue weighted by atomic mass is 32.1. The lowest BCUT2D eigenvalue weighted by Crippen LogP contribution is -2.39. The largest absolute Gasteiger partial charge is 0.350 e. The fourth-order valence-corrected chi connectivity index (χ4v) is 4.41. The SMILES string of the molecule is Cc1[nH]c(=S)sc1CC(=O)NC1CC(=O)N(C)C1c1ccc(F)cc1. The van der Waals surface area contributed by atoms with E-state index in [1.807, 2.05) is 6.92 Å². The van der Waals surface area contributed by atoms with Gasteiger partial charge < -0.3 is 15.2 Å². The second-order valence-corrected chi connectivity index (χ2v) is 7.89. The third-order valence-electron chi connectivity index (χ3n) is 4.39. The highest BCUT2D eigenvalue weighted by molar-refractivity contribution is 7.73. The molecule has 0 aliphatic carbocycles. The number of hydrogen-bond donors (Lipinski definition) is 2. The molecule has 1 aromatic carbocycles. The van der Waals surface area contributed by atoms with Gasteiger partial charge in [-0.25, -0.2) is 4.39 Å². The molecule has 2 aromatic rings. The van der Waals surface area contributed by atoms with Gasteiger partial charge in [-0.1, -0.05) is 12.1 Å². The van der Waals surface area contributed by atoms with E-state index >= 15 is 0 Å². The molecule has 1 aliphatic heterocycles. The summed E-state index contributed by atoms with van der Waals surface area (Å²) in [4.78, 5) is 30.1. The van der Waals surface area contributed by atoms with E-state index in [0.717, 1.165) is 16.1 Å². The van der Waals surface area contributed by atoms with E-state index in [1.165, 1.54) is 23.5 Å². The van der Waals surface area contributed by atoms with E-state index in [0.29, 0.717) is 3.95 Å². The molecule has 0 bridgehead atoms. The lowest BCUT2D eigenvalue weighted by Gasteiger charge is -2.26. The Kier molecular flexibility index (Phi) is 5.01. The number of carbonyl (C=O) groups is 2. The van der Waals surface area contributed by atoms with E-state index < -0.39 is 0 Å². The number of amides is 2. The van der Waals surface area contributed by atoms with Crippen LogP contribution >= 0.6 is 23.6 Å². The van der Waals surface area contributed by atoms with Crippen LogP contribution in [0.25, 0.3) is 0 Å². The molecule has 0 spiro atoms.